The van der Waals surface area contributed by atoms with Crippen LogP contribution in [0.4, 0.5) is 0 Å². The quantitative estimate of drug-likeness (QED) is 0.840. The Kier molecular flexibility index (Phi) is 4.77. The molecule has 4 heteroatoms. The summed E-state index contributed by atoms with van der Waals surface area (Å²) in [5.74, 6) is 0.804. The number of ether oxygens (including phenoxy) is 1. The molecular formula is C15H22N2OS. The molecule has 2 rings (SSSR count). The zero-order valence-corrected chi connectivity index (χ0v) is 12.5. The van der Waals surface area contributed by atoms with Crippen molar-refractivity contribution in [3.63, 3.8) is 0 Å². The highest BCUT2D eigenvalue weighted by Gasteiger charge is 2.20. The third kappa shape index (κ3) is 3.67. The molecule has 104 valence electrons. The summed E-state index contributed by atoms with van der Waals surface area (Å²) in [5.41, 5.74) is 7.73. The van der Waals surface area contributed by atoms with Crippen LogP contribution in [0.25, 0.3) is 0 Å². The molecule has 1 unspecified atom stereocenters. The summed E-state index contributed by atoms with van der Waals surface area (Å²) in [6.07, 6.45) is 3.63. The molecule has 0 bridgehead atoms. The van der Waals surface area contributed by atoms with E-state index in [0.717, 1.165) is 23.3 Å². The molecule has 1 aromatic carbocycles. The van der Waals surface area contributed by atoms with Crippen LogP contribution in [0.5, 0.6) is 5.75 Å². The van der Waals surface area contributed by atoms with Gasteiger partial charge in [0.1, 0.15) is 10.7 Å². The molecule has 0 aliphatic carbocycles. The highest BCUT2D eigenvalue weighted by Crippen LogP contribution is 2.22. The van der Waals surface area contributed by atoms with E-state index >= 15 is 0 Å². The van der Waals surface area contributed by atoms with Gasteiger partial charge in [0.05, 0.1) is 12.2 Å². The molecular weight excluding hydrogens is 256 g/mol. The minimum atomic E-state index is 0.400. The lowest BCUT2D eigenvalue weighted by molar-refractivity contribution is 0.233. The number of benzene rings is 1. The van der Waals surface area contributed by atoms with Gasteiger partial charge in [0.2, 0.25) is 0 Å². The third-order valence-corrected chi connectivity index (χ3v) is 4.00. The molecule has 0 aromatic heterocycles. The largest absolute Gasteiger partial charge is 0.493 e. The summed E-state index contributed by atoms with van der Waals surface area (Å²) < 4.78 is 5.87. The van der Waals surface area contributed by atoms with E-state index in [4.69, 9.17) is 22.7 Å². The number of thiocarbonyl (C=S) groups is 1. The molecule has 1 aromatic rings. The van der Waals surface area contributed by atoms with Gasteiger partial charge in [-0.2, -0.15) is 0 Å². The van der Waals surface area contributed by atoms with Gasteiger partial charge in [-0.25, -0.2) is 0 Å². The van der Waals surface area contributed by atoms with E-state index in [1.54, 1.807) is 0 Å². The van der Waals surface area contributed by atoms with Gasteiger partial charge in [0.15, 0.2) is 0 Å². The van der Waals surface area contributed by atoms with Crippen molar-refractivity contribution in [3.8, 4) is 5.75 Å². The second-order valence-electron chi connectivity index (χ2n) is 5.28. The number of nitrogens with two attached hydrogens (primary N) is 1. The fraction of sp³-hybridized carbons (Fsp3) is 0.533. The van der Waals surface area contributed by atoms with Crippen LogP contribution in [0.15, 0.2) is 18.2 Å². The molecule has 1 aliphatic rings. The first-order valence-electron chi connectivity index (χ1n) is 6.81. The van der Waals surface area contributed by atoms with Crippen molar-refractivity contribution in [2.75, 3.05) is 20.2 Å². The molecule has 1 saturated heterocycles. The Morgan fingerprint density at radius 3 is 2.95 bits per heavy atom. The van der Waals surface area contributed by atoms with E-state index in [0.29, 0.717) is 17.6 Å². The van der Waals surface area contributed by atoms with Crippen LogP contribution in [-0.4, -0.2) is 36.1 Å². The number of hydrogen-bond donors (Lipinski definition) is 1. The monoisotopic (exact) mass is 278 g/mol. The lowest BCUT2D eigenvalue weighted by Gasteiger charge is -2.19. The van der Waals surface area contributed by atoms with E-state index in [-0.39, 0.29) is 0 Å². The molecule has 1 atom stereocenters. The third-order valence-electron chi connectivity index (χ3n) is 3.78. The summed E-state index contributed by atoms with van der Waals surface area (Å²) in [4.78, 5) is 2.81. The Morgan fingerprint density at radius 2 is 2.32 bits per heavy atom. The van der Waals surface area contributed by atoms with E-state index in [2.05, 4.69) is 11.9 Å². The maximum absolute atomic E-state index is 5.87. The predicted octanol–water partition coefficient (Wildman–Crippen LogP) is 2.49. The summed E-state index contributed by atoms with van der Waals surface area (Å²) >= 11 is 5.08. The van der Waals surface area contributed by atoms with Gasteiger partial charge in [-0.1, -0.05) is 23.8 Å². The van der Waals surface area contributed by atoms with Crippen LogP contribution < -0.4 is 10.5 Å². The van der Waals surface area contributed by atoms with E-state index in [1.165, 1.54) is 19.4 Å². The highest BCUT2D eigenvalue weighted by molar-refractivity contribution is 7.80. The summed E-state index contributed by atoms with van der Waals surface area (Å²) in [6, 6.07) is 6.62. The fourth-order valence-electron chi connectivity index (χ4n) is 2.61. The lowest BCUT2D eigenvalue weighted by atomic mass is 10.1. The molecule has 0 spiro atoms. The zero-order chi connectivity index (χ0) is 13.8. The highest BCUT2D eigenvalue weighted by atomic mass is 32.1. The summed E-state index contributed by atoms with van der Waals surface area (Å²) in [5, 5.41) is 0. The Bertz CT molecular complexity index is 461. The molecule has 0 saturated carbocycles. The van der Waals surface area contributed by atoms with Crippen LogP contribution in [0, 0.1) is 6.92 Å². The van der Waals surface area contributed by atoms with Crippen molar-refractivity contribution in [1.82, 2.24) is 4.90 Å². The maximum atomic E-state index is 5.87. The second-order valence-corrected chi connectivity index (χ2v) is 5.72. The minimum absolute atomic E-state index is 0.400. The molecule has 0 amide bonds. The van der Waals surface area contributed by atoms with Gasteiger partial charge in [0.25, 0.3) is 0 Å². The predicted molar refractivity (Wildman–Crippen MR) is 82.8 cm³/mol. The van der Waals surface area contributed by atoms with Gasteiger partial charge in [-0.05, 0) is 51.9 Å². The molecule has 1 aliphatic heterocycles. The van der Waals surface area contributed by atoms with Gasteiger partial charge in [-0.15, -0.1) is 0 Å². The molecule has 3 nitrogen and oxygen atoms in total. The Morgan fingerprint density at radius 1 is 1.53 bits per heavy atom. The normalized spacial score (nSPS) is 19.6. The Labute approximate surface area is 120 Å². The smallest absolute Gasteiger partial charge is 0.129 e. The summed E-state index contributed by atoms with van der Waals surface area (Å²) in [6.45, 7) is 3.94. The Balaban J connectivity index is 1.94. The van der Waals surface area contributed by atoms with Crippen molar-refractivity contribution >= 4 is 17.2 Å². The molecule has 1 heterocycles. The van der Waals surface area contributed by atoms with Crippen LogP contribution in [0.2, 0.25) is 0 Å². The molecule has 2 N–H and O–H groups in total. The first-order valence-corrected chi connectivity index (χ1v) is 7.22. The van der Waals surface area contributed by atoms with Crippen molar-refractivity contribution in [2.24, 2.45) is 5.73 Å². The number of rotatable bonds is 5. The van der Waals surface area contributed by atoms with E-state index < -0.39 is 0 Å². The van der Waals surface area contributed by atoms with Gasteiger partial charge in [-0.3, -0.25) is 0 Å². The average Bonchev–Trinajstić information content (AvgIpc) is 2.77. The zero-order valence-electron chi connectivity index (χ0n) is 11.7. The van der Waals surface area contributed by atoms with E-state index in [1.807, 2.05) is 25.1 Å². The van der Waals surface area contributed by atoms with Gasteiger partial charge in [0, 0.05) is 6.04 Å². The number of aryl methyl sites for hydroxylation is 1. The molecule has 19 heavy (non-hydrogen) atoms. The fourth-order valence-corrected chi connectivity index (χ4v) is 2.77. The van der Waals surface area contributed by atoms with Crippen LogP contribution in [0.1, 0.15) is 30.4 Å². The van der Waals surface area contributed by atoms with Gasteiger partial charge < -0.3 is 15.4 Å². The van der Waals surface area contributed by atoms with Crippen LogP contribution in [-0.2, 0) is 0 Å². The number of hydrogen-bond acceptors (Lipinski definition) is 3. The first-order chi connectivity index (χ1) is 9.08. The van der Waals surface area contributed by atoms with Crippen molar-refractivity contribution in [1.29, 1.82) is 0 Å². The molecule has 0 radical (unpaired) electrons. The van der Waals surface area contributed by atoms with Crippen molar-refractivity contribution in [3.05, 3.63) is 29.3 Å². The average molecular weight is 278 g/mol. The van der Waals surface area contributed by atoms with Crippen molar-refractivity contribution in [2.45, 2.75) is 32.2 Å². The minimum Gasteiger partial charge on any atom is -0.493 e. The molecule has 1 fully saturated rings. The van der Waals surface area contributed by atoms with Gasteiger partial charge >= 0.3 is 0 Å². The number of likely N-dealkylation sites (tertiary alicyclic amines) is 1. The maximum Gasteiger partial charge on any atom is 0.129 e. The SMILES string of the molecule is Cc1ccc(OCCC2CCCN2C)c(C(N)=S)c1. The topological polar surface area (TPSA) is 38.5 Å². The standard InChI is InChI=1S/C15H22N2OS/c1-11-5-6-14(13(10-11)15(16)19)18-9-7-12-4-3-8-17(12)2/h5-6,10,12H,3-4,7-9H2,1-2H3,(H2,16,19). The summed E-state index contributed by atoms with van der Waals surface area (Å²) in [7, 11) is 2.18. The lowest BCUT2D eigenvalue weighted by Crippen LogP contribution is -2.26. The van der Waals surface area contributed by atoms with Crippen LogP contribution >= 0.6 is 12.2 Å². The van der Waals surface area contributed by atoms with Crippen LogP contribution in [0.3, 0.4) is 0 Å². The van der Waals surface area contributed by atoms with E-state index in [9.17, 15) is 0 Å². The first kappa shape index (κ1) is 14.3. The Hall–Kier alpha value is -1.13. The van der Waals surface area contributed by atoms with Crippen molar-refractivity contribution < 1.29 is 4.74 Å². The number of nitrogens with zero attached hydrogens (tertiary/aromatic N) is 1. The second kappa shape index (κ2) is 6.35.